The molecule has 0 amide bonds. The maximum absolute atomic E-state index is 11.8. The maximum Gasteiger partial charge on any atom is 0.252 e. The highest BCUT2D eigenvalue weighted by Gasteiger charge is 2.03. The van der Waals surface area contributed by atoms with Crippen molar-refractivity contribution < 1.29 is 0 Å². The van der Waals surface area contributed by atoms with Crippen molar-refractivity contribution in [2.45, 2.75) is 6.54 Å². The van der Waals surface area contributed by atoms with E-state index in [0.29, 0.717) is 18.2 Å². The van der Waals surface area contributed by atoms with Crippen molar-refractivity contribution >= 4 is 21.9 Å². The number of anilines is 1. The molecule has 0 saturated heterocycles. The number of halogens is 1. The monoisotopic (exact) mass is 355 g/mol. The van der Waals surface area contributed by atoms with Crippen LogP contribution in [0.4, 0.5) is 5.95 Å². The Balaban J connectivity index is 1.81. The maximum atomic E-state index is 11.8. The zero-order valence-corrected chi connectivity index (χ0v) is 13.3. The fraction of sp³-hybridized carbons (Fsp3) is 0.0588. The summed E-state index contributed by atoms with van der Waals surface area (Å²) in [5, 5.41) is 3.15. The summed E-state index contributed by atoms with van der Waals surface area (Å²) in [6, 6.07) is 19.1. The van der Waals surface area contributed by atoms with Crippen LogP contribution in [-0.2, 0) is 6.54 Å². The van der Waals surface area contributed by atoms with Crippen molar-refractivity contribution in [3.8, 4) is 11.3 Å². The van der Waals surface area contributed by atoms with Crippen molar-refractivity contribution in [3.05, 3.63) is 81.1 Å². The molecule has 1 heterocycles. The van der Waals surface area contributed by atoms with Gasteiger partial charge in [-0.2, -0.15) is 0 Å². The molecule has 0 saturated carbocycles. The largest absolute Gasteiger partial charge is 0.352 e. The van der Waals surface area contributed by atoms with Crippen LogP contribution in [0.25, 0.3) is 11.3 Å². The predicted octanol–water partition coefficient (Wildman–Crippen LogP) is 3.81. The number of nitrogens with one attached hydrogen (secondary N) is 2. The molecule has 0 atom stereocenters. The molecule has 0 bridgehead atoms. The Kier molecular flexibility index (Phi) is 4.34. The minimum absolute atomic E-state index is 0.174. The highest BCUT2D eigenvalue weighted by Crippen LogP contribution is 2.16. The minimum Gasteiger partial charge on any atom is -0.352 e. The van der Waals surface area contributed by atoms with E-state index in [1.807, 2.05) is 54.6 Å². The van der Waals surface area contributed by atoms with Gasteiger partial charge >= 0.3 is 0 Å². The first-order chi connectivity index (χ1) is 10.7. The summed E-state index contributed by atoms with van der Waals surface area (Å²) < 4.78 is 1.04. The Morgan fingerprint density at radius 1 is 1.05 bits per heavy atom. The molecule has 0 radical (unpaired) electrons. The van der Waals surface area contributed by atoms with E-state index >= 15 is 0 Å². The summed E-state index contributed by atoms with van der Waals surface area (Å²) in [4.78, 5) is 19.0. The lowest BCUT2D eigenvalue weighted by molar-refractivity contribution is 1.04. The Morgan fingerprint density at radius 3 is 2.50 bits per heavy atom. The van der Waals surface area contributed by atoms with Gasteiger partial charge in [-0.1, -0.05) is 58.4 Å². The van der Waals surface area contributed by atoms with Gasteiger partial charge in [0, 0.05) is 22.6 Å². The number of nitrogens with zero attached hydrogens (tertiary/aromatic N) is 1. The van der Waals surface area contributed by atoms with Crippen molar-refractivity contribution in [2.75, 3.05) is 5.32 Å². The van der Waals surface area contributed by atoms with Crippen LogP contribution in [0.5, 0.6) is 0 Å². The van der Waals surface area contributed by atoms with Crippen LogP contribution in [0.2, 0.25) is 0 Å². The number of hydrogen-bond donors (Lipinski definition) is 2. The molecule has 3 rings (SSSR count). The minimum atomic E-state index is -0.174. The van der Waals surface area contributed by atoms with E-state index < -0.39 is 0 Å². The van der Waals surface area contributed by atoms with E-state index in [1.54, 1.807) is 0 Å². The van der Waals surface area contributed by atoms with E-state index in [0.717, 1.165) is 15.6 Å². The van der Waals surface area contributed by atoms with Crippen molar-refractivity contribution in [3.63, 3.8) is 0 Å². The SMILES string of the molecule is O=c1cc(-c2ccccc2)nc(NCc2ccc(Br)cc2)[nH]1. The van der Waals surface area contributed by atoms with Gasteiger partial charge in [0.1, 0.15) is 0 Å². The van der Waals surface area contributed by atoms with Crippen molar-refractivity contribution in [2.24, 2.45) is 0 Å². The summed E-state index contributed by atoms with van der Waals surface area (Å²) >= 11 is 3.41. The third-order valence-electron chi connectivity index (χ3n) is 3.18. The number of aromatic nitrogens is 2. The molecule has 5 heteroatoms. The fourth-order valence-corrected chi connectivity index (χ4v) is 2.35. The molecule has 0 aliphatic rings. The predicted molar refractivity (Wildman–Crippen MR) is 91.8 cm³/mol. The number of benzene rings is 2. The van der Waals surface area contributed by atoms with Crippen LogP contribution in [0.3, 0.4) is 0 Å². The number of hydrogen-bond acceptors (Lipinski definition) is 3. The van der Waals surface area contributed by atoms with Gasteiger partial charge in [0.2, 0.25) is 5.95 Å². The first-order valence-electron chi connectivity index (χ1n) is 6.86. The molecule has 0 unspecified atom stereocenters. The normalized spacial score (nSPS) is 10.4. The van der Waals surface area contributed by atoms with Crippen LogP contribution in [0.15, 0.2) is 69.9 Å². The molecule has 0 aliphatic carbocycles. The molecule has 2 aromatic carbocycles. The topological polar surface area (TPSA) is 57.8 Å². The average molecular weight is 356 g/mol. The highest BCUT2D eigenvalue weighted by atomic mass is 79.9. The van der Waals surface area contributed by atoms with Gasteiger partial charge in [-0.25, -0.2) is 4.98 Å². The zero-order chi connectivity index (χ0) is 15.4. The molecule has 3 aromatic rings. The first-order valence-corrected chi connectivity index (χ1v) is 7.65. The van der Waals surface area contributed by atoms with E-state index in [1.165, 1.54) is 6.07 Å². The van der Waals surface area contributed by atoms with E-state index in [2.05, 4.69) is 31.2 Å². The van der Waals surface area contributed by atoms with Gasteiger partial charge in [-0.05, 0) is 17.7 Å². The molecule has 0 aliphatic heterocycles. The molecule has 22 heavy (non-hydrogen) atoms. The van der Waals surface area contributed by atoms with Gasteiger partial charge < -0.3 is 5.32 Å². The lowest BCUT2D eigenvalue weighted by atomic mass is 10.1. The van der Waals surface area contributed by atoms with Gasteiger partial charge in [-0.15, -0.1) is 0 Å². The second-order valence-corrected chi connectivity index (χ2v) is 5.74. The highest BCUT2D eigenvalue weighted by molar-refractivity contribution is 9.10. The molecule has 1 aromatic heterocycles. The lowest BCUT2D eigenvalue weighted by Gasteiger charge is -2.07. The smallest absolute Gasteiger partial charge is 0.252 e. The second-order valence-electron chi connectivity index (χ2n) is 4.83. The van der Waals surface area contributed by atoms with E-state index in [9.17, 15) is 4.79 Å². The molecular weight excluding hydrogens is 342 g/mol. The van der Waals surface area contributed by atoms with Crippen molar-refractivity contribution in [1.82, 2.24) is 9.97 Å². The van der Waals surface area contributed by atoms with Crippen LogP contribution in [-0.4, -0.2) is 9.97 Å². The number of aromatic amines is 1. The summed E-state index contributed by atoms with van der Waals surface area (Å²) in [5.74, 6) is 0.467. The summed E-state index contributed by atoms with van der Waals surface area (Å²) in [6.07, 6.45) is 0. The Labute approximate surface area is 136 Å². The Morgan fingerprint density at radius 2 is 1.77 bits per heavy atom. The van der Waals surface area contributed by atoms with Gasteiger partial charge in [-0.3, -0.25) is 9.78 Å². The summed E-state index contributed by atoms with van der Waals surface area (Å²) in [7, 11) is 0. The fourth-order valence-electron chi connectivity index (χ4n) is 2.09. The van der Waals surface area contributed by atoms with Crippen LogP contribution < -0.4 is 10.9 Å². The number of H-pyrrole nitrogens is 1. The third kappa shape index (κ3) is 3.62. The first kappa shape index (κ1) is 14.5. The number of rotatable bonds is 4. The van der Waals surface area contributed by atoms with Crippen LogP contribution >= 0.6 is 15.9 Å². The Hall–Kier alpha value is -2.40. The zero-order valence-electron chi connectivity index (χ0n) is 11.7. The molecule has 0 spiro atoms. The Bertz CT molecular complexity index is 813. The standard InChI is InChI=1S/C17H14BrN3O/c18-14-8-6-12(7-9-14)11-19-17-20-15(10-16(22)21-17)13-4-2-1-3-5-13/h1-10H,11H2,(H2,19,20,21,22). The van der Waals surface area contributed by atoms with Crippen LogP contribution in [0.1, 0.15) is 5.56 Å². The quantitative estimate of drug-likeness (QED) is 0.747. The van der Waals surface area contributed by atoms with Crippen LogP contribution in [0, 0.1) is 0 Å². The summed E-state index contributed by atoms with van der Waals surface area (Å²) in [5.41, 5.74) is 2.51. The second kappa shape index (κ2) is 6.58. The van der Waals surface area contributed by atoms with E-state index in [4.69, 9.17) is 0 Å². The van der Waals surface area contributed by atoms with E-state index in [-0.39, 0.29) is 5.56 Å². The lowest BCUT2D eigenvalue weighted by Crippen LogP contribution is -2.12. The third-order valence-corrected chi connectivity index (χ3v) is 3.71. The van der Waals surface area contributed by atoms with Gasteiger partial charge in [0.15, 0.2) is 0 Å². The van der Waals surface area contributed by atoms with Crippen molar-refractivity contribution in [1.29, 1.82) is 0 Å². The molecule has 0 fully saturated rings. The molecular formula is C17H14BrN3O. The molecule has 4 nitrogen and oxygen atoms in total. The summed E-state index contributed by atoms with van der Waals surface area (Å²) in [6.45, 7) is 0.592. The molecule has 2 N–H and O–H groups in total. The van der Waals surface area contributed by atoms with Gasteiger partial charge in [0.25, 0.3) is 5.56 Å². The average Bonchev–Trinajstić information content (AvgIpc) is 2.55. The molecule has 110 valence electrons. The van der Waals surface area contributed by atoms with Gasteiger partial charge in [0.05, 0.1) is 5.69 Å².